The monoisotopic (exact) mass is 655 g/mol. The molecule has 12 nitrogen and oxygen atoms in total. The lowest BCUT2D eigenvalue weighted by molar-refractivity contribution is -0.148. The highest BCUT2D eigenvalue weighted by molar-refractivity contribution is 7.85. The number of nitrogens with zero attached hydrogens (tertiary/aromatic N) is 3. The predicted octanol–water partition coefficient (Wildman–Crippen LogP) is 4.53. The van der Waals surface area contributed by atoms with Crippen molar-refractivity contribution in [1.29, 1.82) is 0 Å². The van der Waals surface area contributed by atoms with Crippen LogP contribution in [0.15, 0.2) is 84.0 Å². The quantitative estimate of drug-likeness (QED) is 0.118. The molecule has 3 amide bonds. The van der Waals surface area contributed by atoms with Crippen LogP contribution in [0.1, 0.15) is 51.7 Å². The molecule has 2 atom stereocenters. The first-order chi connectivity index (χ1) is 21.7. The van der Waals surface area contributed by atoms with E-state index < -0.39 is 33.8 Å². The number of nitrogens with one attached hydrogen (secondary N) is 2. The summed E-state index contributed by atoms with van der Waals surface area (Å²) in [6.07, 6.45) is 7.61. The number of aryl methyl sites for hydroxylation is 1. The van der Waals surface area contributed by atoms with Gasteiger partial charge in [0, 0.05) is 18.9 Å². The van der Waals surface area contributed by atoms with Crippen LogP contribution in [0.3, 0.4) is 0 Å². The van der Waals surface area contributed by atoms with E-state index in [0.717, 1.165) is 11.1 Å². The zero-order chi connectivity index (χ0) is 34.3. The van der Waals surface area contributed by atoms with Crippen LogP contribution in [0.25, 0.3) is 6.08 Å². The number of hydrazine groups is 1. The molecule has 46 heavy (non-hydrogen) atoms. The van der Waals surface area contributed by atoms with Gasteiger partial charge in [-0.3, -0.25) is 39.3 Å². The first-order valence-electron chi connectivity index (χ1n) is 15.0. The van der Waals surface area contributed by atoms with Crippen LogP contribution in [-0.2, 0) is 31.0 Å². The van der Waals surface area contributed by atoms with Crippen molar-refractivity contribution in [2.45, 2.75) is 58.9 Å². The number of aromatic nitrogens is 2. The molecule has 2 aromatic carbocycles. The number of carbonyl (C=O) groups excluding carboxylic acids is 3. The van der Waals surface area contributed by atoms with E-state index in [0.29, 0.717) is 13.0 Å². The molecule has 0 unspecified atom stereocenters. The highest BCUT2D eigenvalue weighted by Crippen LogP contribution is 2.26. The summed E-state index contributed by atoms with van der Waals surface area (Å²) >= 11 is 0. The van der Waals surface area contributed by atoms with Gasteiger partial charge < -0.3 is 0 Å². The second-order valence-corrected chi connectivity index (χ2v) is 13.2. The zero-order valence-electron chi connectivity index (χ0n) is 26.9. The van der Waals surface area contributed by atoms with Gasteiger partial charge in [-0.1, -0.05) is 87.9 Å². The Morgan fingerprint density at radius 2 is 1.59 bits per heavy atom. The zero-order valence-corrected chi connectivity index (χ0v) is 27.7. The molecule has 3 aromatic rings. The van der Waals surface area contributed by atoms with E-state index >= 15 is 0 Å². The highest BCUT2D eigenvalue weighted by Gasteiger charge is 2.35. The molecule has 0 saturated heterocycles. The van der Waals surface area contributed by atoms with Gasteiger partial charge in [0.15, 0.2) is 0 Å². The Balaban J connectivity index is 0.000000562. The molecule has 1 heterocycles. The molecule has 0 bridgehead atoms. The average Bonchev–Trinajstić information content (AvgIpc) is 3.51. The van der Waals surface area contributed by atoms with Gasteiger partial charge in [0.2, 0.25) is 11.8 Å². The Labute approximate surface area is 271 Å². The average molecular weight is 656 g/mol. The van der Waals surface area contributed by atoms with Gasteiger partial charge in [0.25, 0.3) is 16.0 Å². The van der Waals surface area contributed by atoms with E-state index in [9.17, 15) is 28.0 Å². The van der Waals surface area contributed by atoms with Gasteiger partial charge >= 0.3 is 0 Å². The van der Waals surface area contributed by atoms with E-state index in [2.05, 4.69) is 10.5 Å². The molecule has 0 aliphatic heterocycles. The van der Waals surface area contributed by atoms with Crippen LogP contribution in [-0.4, -0.2) is 57.2 Å². The third-order valence-corrected chi connectivity index (χ3v) is 7.63. The minimum atomic E-state index is -4.02. The fourth-order valence-electron chi connectivity index (χ4n) is 4.53. The minimum absolute atomic E-state index is 0.0186. The number of hydrogen-bond donors (Lipinski definition) is 4. The van der Waals surface area contributed by atoms with Crippen molar-refractivity contribution in [3.8, 4) is 0 Å². The Bertz CT molecular complexity index is 1510. The summed E-state index contributed by atoms with van der Waals surface area (Å²) < 4.78 is 31.0. The van der Waals surface area contributed by atoms with Gasteiger partial charge in [-0.05, 0) is 55.4 Å². The predicted molar refractivity (Wildman–Crippen MR) is 174 cm³/mol. The maximum absolute atomic E-state index is 13.5. The smallest absolute Gasteiger partial charge is 0.289 e. The molecule has 0 saturated carbocycles. The number of allylic oxidation sites excluding steroid dienone is 1. The van der Waals surface area contributed by atoms with E-state index in [1.165, 1.54) is 21.8 Å². The van der Waals surface area contributed by atoms with Crippen LogP contribution >= 0.6 is 0 Å². The number of hydroxylamine groups is 1. The second-order valence-electron chi connectivity index (χ2n) is 11.7. The lowest BCUT2D eigenvalue weighted by Crippen LogP contribution is -2.53. The topological polar surface area (TPSA) is 171 Å². The normalized spacial score (nSPS) is 12.7. The molecule has 0 spiro atoms. The Hall–Kier alpha value is -4.33. The van der Waals surface area contributed by atoms with Crippen molar-refractivity contribution >= 4 is 33.9 Å². The first kappa shape index (κ1) is 37.9. The van der Waals surface area contributed by atoms with E-state index in [4.69, 9.17) is 4.55 Å². The van der Waals surface area contributed by atoms with Crippen molar-refractivity contribution in [3.63, 3.8) is 0 Å². The first-order valence-corrected chi connectivity index (χ1v) is 16.4. The fourth-order valence-corrected chi connectivity index (χ4v) is 5.01. The van der Waals surface area contributed by atoms with Crippen molar-refractivity contribution in [3.05, 3.63) is 90.3 Å². The Kier molecular flexibility index (Phi) is 15.3. The number of benzene rings is 2. The molecular weight excluding hydrogens is 610 g/mol. The van der Waals surface area contributed by atoms with Crippen LogP contribution < -0.4 is 10.9 Å². The molecule has 1 aromatic heterocycles. The summed E-state index contributed by atoms with van der Waals surface area (Å²) in [4.78, 5) is 39.0. The summed E-state index contributed by atoms with van der Waals surface area (Å²) in [6, 6.07) is 17.3. The molecule has 3 rings (SSSR count). The molecule has 0 aliphatic carbocycles. The van der Waals surface area contributed by atoms with E-state index in [1.807, 2.05) is 77.1 Å². The summed E-state index contributed by atoms with van der Waals surface area (Å²) in [7, 11) is -4.02. The van der Waals surface area contributed by atoms with Crippen molar-refractivity contribution in [1.82, 2.24) is 25.7 Å². The van der Waals surface area contributed by atoms with Crippen LogP contribution in [0, 0.1) is 30.6 Å². The third-order valence-electron chi connectivity index (χ3n) is 6.76. The maximum Gasteiger partial charge on any atom is 0.294 e. The van der Waals surface area contributed by atoms with Gasteiger partial charge in [0.05, 0.1) is 16.7 Å². The number of hydrogen-bond acceptors (Lipinski definition) is 7. The second kappa shape index (κ2) is 18.6. The van der Waals surface area contributed by atoms with Crippen molar-refractivity contribution < 1.29 is 32.6 Å². The fraction of sp³-hybridized carbons (Fsp3) is 0.394. The largest absolute Gasteiger partial charge is 0.294 e. The van der Waals surface area contributed by atoms with Crippen LogP contribution in [0.4, 0.5) is 0 Å². The van der Waals surface area contributed by atoms with Gasteiger partial charge in [-0.2, -0.15) is 13.5 Å². The lowest BCUT2D eigenvalue weighted by atomic mass is 9.82. The van der Waals surface area contributed by atoms with Crippen LogP contribution in [0.2, 0.25) is 0 Å². The van der Waals surface area contributed by atoms with Crippen molar-refractivity contribution in [2.75, 3.05) is 6.54 Å². The number of carbonyl (C=O) groups is 3. The van der Waals surface area contributed by atoms with Gasteiger partial charge in [-0.25, -0.2) is 5.48 Å². The van der Waals surface area contributed by atoms with Gasteiger partial charge in [-0.15, -0.1) is 0 Å². The molecular formula is C33H45N5O7S. The summed E-state index contributed by atoms with van der Waals surface area (Å²) in [5, 5.41) is 14.8. The highest BCUT2D eigenvalue weighted by atomic mass is 32.2. The summed E-state index contributed by atoms with van der Waals surface area (Å²) in [5.74, 6) is -2.75. The molecule has 0 fully saturated rings. The molecule has 0 radical (unpaired) electrons. The SMILES string of the molecule is CC(C)C[C@@H](C(=O)NN(CC(C)C)C(=O)Cn1cccn1)[C@H](C/C=C/c1ccccc1)C(=O)NO.Cc1ccc(S(=O)(=O)O)cc1. The van der Waals surface area contributed by atoms with E-state index in [1.54, 1.807) is 36.1 Å². The summed E-state index contributed by atoms with van der Waals surface area (Å²) in [5.41, 5.74) is 6.39. The number of rotatable bonds is 13. The van der Waals surface area contributed by atoms with E-state index in [-0.39, 0.29) is 35.6 Å². The minimum Gasteiger partial charge on any atom is -0.289 e. The van der Waals surface area contributed by atoms with Gasteiger partial charge in [0.1, 0.15) is 6.54 Å². The lowest BCUT2D eigenvalue weighted by Gasteiger charge is -2.30. The Morgan fingerprint density at radius 1 is 0.935 bits per heavy atom. The standard InChI is InChI=1S/C26H37N5O4.C7H8O3S/c1-19(2)16-23(22(26(34)29-35)13-8-12-21-10-6-5-7-11-21)25(33)28-31(17-20(3)4)24(32)18-30-15-9-14-27-30;1-6-2-4-7(5-3-6)11(8,9)10/h5-12,14-15,19-20,22-23,35H,13,16-18H2,1-4H3,(H,28,33)(H,29,34);2-5H,1H3,(H,8,9,10)/b12-8+;/t22-,23+;/m0./s1. The molecule has 0 aliphatic rings. The third kappa shape index (κ3) is 13.3. The Morgan fingerprint density at radius 3 is 2.11 bits per heavy atom. The molecule has 250 valence electrons. The molecule has 4 N–H and O–H groups in total. The summed E-state index contributed by atoms with van der Waals surface area (Å²) in [6.45, 7) is 9.95. The van der Waals surface area contributed by atoms with Crippen molar-refractivity contribution in [2.24, 2.45) is 23.7 Å². The maximum atomic E-state index is 13.5. The number of amides is 3. The molecule has 13 heteroatoms. The van der Waals surface area contributed by atoms with Crippen LogP contribution in [0.5, 0.6) is 0 Å².